The molecule has 0 saturated carbocycles. The van der Waals surface area contributed by atoms with Gasteiger partial charge in [-0.25, -0.2) is 0 Å². The molecular formula is C30H62NO3+. The Labute approximate surface area is 214 Å². The molecule has 0 radical (unpaired) electrons. The van der Waals surface area contributed by atoms with Crippen LogP contribution in [0.25, 0.3) is 0 Å². The predicted octanol–water partition coefficient (Wildman–Crippen LogP) is 8.46. The first-order valence-corrected chi connectivity index (χ1v) is 15.1. The second kappa shape index (κ2) is 25.5. The molecule has 0 bridgehead atoms. The topological polar surface area (TPSA) is 35.5 Å². The normalized spacial score (nSPS) is 11.8. The highest BCUT2D eigenvalue weighted by Gasteiger charge is 2.14. The van der Waals surface area contributed by atoms with Crippen LogP contribution in [-0.2, 0) is 14.3 Å². The van der Waals surface area contributed by atoms with E-state index < -0.39 is 0 Å². The maximum absolute atomic E-state index is 11.7. The monoisotopic (exact) mass is 484 g/mol. The fraction of sp³-hybridized carbons (Fsp3) is 0.967. The van der Waals surface area contributed by atoms with Crippen molar-refractivity contribution in [2.24, 2.45) is 0 Å². The summed E-state index contributed by atoms with van der Waals surface area (Å²) >= 11 is 0. The van der Waals surface area contributed by atoms with E-state index in [0.29, 0.717) is 19.6 Å². The Bertz CT molecular complexity index is 425. The summed E-state index contributed by atoms with van der Waals surface area (Å²) in [4.78, 5) is 11.7. The van der Waals surface area contributed by atoms with E-state index in [1.54, 1.807) is 0 Å². The molecule has 0 aromatic heterocycles. The molecule has 0 saturated heterocycles. The molecule has 0 fully saturated rings. The van der Waals surface area contributed by atoms with E-state index in [0.717, 1.165) is 30.5 Å². The van der Waals surface area contributed by atoms with Crippen LogP contribution in [0, 0.1) is 0 Å². The lowest BCUT2D eigenvalue weighted by Crippen LogP contribution is -2.43. The summed E-state index contributed by atoms with van der Waals surface area (Å²) in [5.41, 5.74) is 0. The van der Waals surface area contributed by atoms with Gasteiger partial charge in [0.15, 0.2) is 0 Å². The van der Waals surface area contributed by atoms with Crippen molar-refractivity contribution in [2.45, 2.75) is 142 Å². The lowest BCUT2D eigenvalue weighted by molar-refractivity contribution is -0.891. The van der Waals surface area contributed by atoms with Gasteiger partial charge in [0.2, 0.25) is 0 Å². The van der Waals surface area contributed by atoms with Gasteiger partial charge in [-0.1, -0.05) is 117 Å². The number of quaternary nitrogens is 1. The predicted molar refractivity (Wildman–Crippen MR) is 147 cm³/mol. The molecule has 34 heavy (non-hydrogen) atoms. The molecule has 0 amide bonds. The zero-order valence-electron chi connectivity index (χ0n) is 23.8. The Kier molecular flexibility index (Phi) is 25.0. The maximum atomic E-state index is 11.7. The third-order valence-corrected chi connectivity index (χ3v) is 6.93. The van der Waals surface area contributed by atoms with Gasteiger partial charge < -0.3 is 14.0 Å². The van der Waals surface area contributed by atoms with Gasteiger partial charge in [-0.2, -0.15) is 0 Å². The van der Waals surface area contributed by atoms with Crippen LogP contribution in [0.15, 0.2) is 0 Å². The van der Waals surface area contributed by atoms with Gasteiger partial charge in [0, 0.05) is 6.42 Å². The van der Waals surface area contributed by atoms with Crippen molar-refractivity contribution < 1.29 is 18.8 Å². The number of hydrogen-bond acceptors (Lipinski definition) is 3. The molecule has 204 valence electrons. The van der Waals surface area contributed by atoms with Crippen molar-refractivity contribution in [2.75, 3.05) is 47.0 Å². The van der Waals surface area contributed by atoms with Gasteiger partial charge in [0.1, 0.15) is 13.2 Å². The van der Waals surface area contributed by atoms with Crippen molar-refractivity contribution >= 4 is 5.97 Å². The fourth-order valence-corrected chi connectivity index (χ4v) is 4.42. The number of rotatable bonds is 27. The molecule has 0 aromatic rings. The van der Waals surface area contributed by atoms with E-state index in [1.165, 1.54) is 116 Å². The Morgan fingerprint density at radius 1 is 0.529 bits per heavy atom. The SMILES string of the molecule is CCCCCCCCCCCCCCCC[N+](C)(C)CCOCCOC(=O)CCCCCCC. The Morgan fingerprint density at radius 2 is 0.971 bits per heavy atom. The summed E-state index contributed by atoms with van der Waals surface area (Å²) in [5, 5.41) is 0. The summed E-state index contributed by atoms with van der Waals surface area (Å²) in [6.45, 7) is 8.37. The number of unbranched alkanes of at least 4 members (excludes halogenated alkanes) is 17. The summed E-state index contributed by atoms with van der Waals surface area (Å²) in [6.07, 6.45) is 26.1. The van der Waals surface area contributed by atoms with Crippen molar-refractivity contribution in [3.8, 4) is 0 Å². The Balaban J connectivity index is 3.38. The maximum Gasteiger partial charge on any atom is 0.305 e. The average Bonchev–Trinajstić information content (AvgIpc) is 2.81. The van der Waals surface area contributed by atoms with Gasteiger partial charge in [-0.15, -0.1) is 0 Å². The quantitative estimate of drug-likeness (QED) is 0.0666. The number of likely N-dealkylation sites (N-methyl/N-ethyl adjacent to an activating group) is 1. The first-order valence-electron chi connectivity index (χ1n) is 15.1. The molecule has 0 aliphatic heterocycles. The lowest BCUT2D eigenvalue weighted by Gasteiger charge is -2.29. The van der Waals surface area contributed by atoms with Crippen LogP contribution in [0.4, 0.5) is 0 Å². The number of ether oxygens (including phenoxy) is 2. The molecule has 4 nitrogen and oxygen atoms in total. The third kappa shape index (κ3) is 26.0. The number of esters is 1. The van der Waals surface area contributed by atoms with E-state index in [2.05, 4.69) is 27.9 Å². The van der Waals surface area contributed by atoms with Crippen molar-refractivity contribution in [3.63, 3.8) is 0 Å². The first-order chi connectivity index (χ1) is 16.5. The van der Waals surface area contributed by atoms with E-state index >= 15 is 0 Å². The minimum atomic E-state index is -0.0750. The molecule has 0 aromatic carbocycles. The number of carbonyl (C=O) groups is 1. The zero-order chi connectivity index (χ0) is 25.2. The van der Waals surface area contributed by atoms with Crippen LogP contribution in [-0.4, -0.2) is 57.5 Å². The van der Waals surface area contributed by atoms with Crippen molar-refractivity contribution in [1.29, 1.82) is 0 Å². The van der Waals surface area contributed by atoms with Gasteiger partial charge in [0.25, 0.3) is 0 Å². The molecule has 4 heteroatoms. The van der Waals surface area contributed by atoms with Crippen molar-refractivity contribution in [3.05, 3.63) is 0 Å². The molecule has 0 N–H and O–H groups in total. The highest BCUT2D eigenvalue weighted by molar-refractivity contribution is 5.69. The van der Waals surface area contributed by atoms with Gasteiger partial charge >= 0.3 is 5.97 Å². The molecule has 0 spiro atoms. The van der Waals surface area contributed by atoms with E-state index in [1.807, 2.05) is 0 Å². The van der Waals surface area contributed by atoms with E-state index in [-0.39, 0.29) is 5.97 Å². The molecule has 0 aliphatic carbocycles. The summed E-state index contributed by atoms with van der Waals surface area (Å²) < 4.78 is 12.0. The summed E-state index contributed by atoms with van der Waals surface area (Å²) in [5.74, 6) is -0.0750. The second-order valence-electron chi connectivity index (χ2n) is 11.0. The molecule has 0 heterocycles. The summed E-state index contributed by atoms with van der Waals surface area (Å²) in [7, 11) is 4.59. The number of hydrogen-bond donors (Lipinski definition) is 0. The van der Waals surface area contributed by atoms with Crippen LogP contribution in [0.5, 0.6) is 0 Å². The first kappa shape index (κ1) is 33.4. The highest BCUT2D eigenvalue weighted by Crippen LogP contribution is 2.13. The van der Waals surface area contributed by atoms with E-state index in [9.17, 15) is 4.79 Å². The number of nitrogens with zero attached hydrogens (tertiary/aromatic N) is 1. The van der Waals surface area contributed by atoms with Crippen LogP contribution < -0.4 is 0 Å². The molecule has 0 unspecified atom stereocenters. The minimum absolute atomic E-state index is 0.0750. The Hall–Kier alpha value is -0.610. The molecule has 0 aliphatic rings. The zero-order valence-corrected chi connectivity index (χ0v) is 23.8. The molecule has 0 rings (SSSR count). The van der Waals surface area contributed by atoms with Crippen LogP contribution in [0.1, 0.15) is 142 Å². The third-order valence-electron chi connectivity index (χ3n) is 6.93. The lowest BCUT2D eigenvalue weighted by atomic mass is 10.0. The summed E-state index contributed by atoms with van der Waals surface area (Å²) in [6, 6.07) is 0. The fourth-order valence-electron chi connectivity index (χ4n) is 4.42. The largest absolute Gasteiger partial charge is 0.463 e. The van der Waals surface area contributed by atoms with Crippen molar-refractivity contribution in [1.82, 2.24) is 0 Å². The standard InChI is InChI=1S/C30H62NO3/c1-5-7-9-11-12-13-14-15-16-17-18-19-21-23-25-31(3,4)26-27-33-28-29-34-30(32)24-22-20-10-8-6-2/h5-29H2,1-4H3/q+1. The Morgan fingerprint density at radius 3 is 1.47 bits per heavy atom. The second-order valence-corrected chi connectivity index (χ2v) is 11.0. The minimum Gasteiger partial charge on any atom is -0.463 e. The molecule has 0 atom stereocenters. The van der Waals surface area contributed by atoms with Gasteiger partial charge in [0.05, 0.1) is 33.9 Å². The molecular weight excluding hydrogens is 422 g/mol. The average molecular weight is 485 g/mol. The van der Waals surface area contributed by atoms with Crippen LogP contribution >= 0.6 is 0 Å². The highest BCUT2D eigenvalue weighted by atomic mass is 16.6. The van der Waals surface area contributed by atoms with Gasteiger partial charge in [-0.3, -0.25) is 4.79 Å². The smallest absolute Gasteiger partial charge is 0.305 e. The van der Waals surface area contributed by atoms with E-state index in [4.69, 9.17) is 9.47 Å². The van der Waals surface area contributed by atoms with Gasteiger partial charge in [-0.05, 0) is 19.3 Å². The van der Waals surface area contributed by atoms with Crippen LogP contribution in [0.2, 0.25) is 0 Å². The van der Waals surface area contributed by atoms with Crippen LogP contribution in [0.3, 0.4) is 0 Å². The number of carbonyl (C=O) groups excluding carboxylic acids is 1.